The Hall–Kier alpha value is -2.74. The minimum absolute atomic E-state index is 0.125. The topological polar surface area (TPSA) is 130 Å². The molecule has 0 heterocycles. The molecule has 0 saturated heterocycles. The molecular formula is C13H14N2O6. The van der Waals surface area contributed by atoms with E-state index in [1.54, 1.807) is 6.07 Å². The van der Waals surface area contributed by atoms with Crippen molar-refractivity contribution in [3.63, 3.8) is 0 Å². The molecule has 1 amide bonds. The molecule has 0 aliphatic rings. The van der Waals surface area contributed by atoms with Crippen LogP contribution >= 0.6 is 0 Å². The molecular weight excluding hydrogens is 280 g/mol. The van der Waals surface area contributed by atoms with Crippen LogP contribution in [0.1, 0.15) is 12.0 Å². The third-order valence-corrected chi connectivity index (χ3v) is 2.58. The van der Waals surface area contributed by atoms with Gasteiger partial charge in [-0.3, -0.25) is 14.9 Å². The minimum Gasteiger partial charge on any atom is -0.480 e. The summed E-state index contributed by atoms with van der Waals surface area (Å²) in [6, 6.07) is 4.62. The molecule has 0 radical (unpaired) electrons. The van der Waals surface area contributed by atoms with Crippen molar-refractivity contribution in [1.82, 2.24) is 5.32 Å². The van der Waals surface area contributed by atoms with Crippen LogP contribution in [0.25, 0.3) is 6.08 Å². The number of aliphatic carboxylic acids is 1. The number of carboxylic acids is 1. The number of amides is 1. The molecule has 0 fully saturated rings. The number of rotatable bonds is 7. The van der Waals surface area contributed by atoms with Crippen LogP contribution in [0.3, 0.4) is 0 Å². The summed E-state index contributed by atoms with van der Waals surface area (Å²) in [5, 5.41) is 30.5. The van der Waals surface area contributed by atoms with Gasteiger partial charge in [-0.15, -0.1) is 0 Å². The van der Waals surface area contributed by atoms with Crippen LogP contribution in [0.4, 0.5) is 5.69 Å². The van der Waals surface area contributed by atoms with Gasteiger partial charge < -0.3 is 15.5 Å². The van der Waals surface area contributed by atoms with E-state index in [4.69, 9.17) is 10.2 Å². The first-order valence-electron chi connectivity index (χ1n) is 6.01. The molecule has 3 N–H and O–H groups in total. The zero-order chi connectivity index (χ0) is 15.8. The molecule has 1 rings (SSSR count). The number of benzene rings is 1. The van der Waals surface area contributed by atoms with E-state index in [1.165, 1.54) is 24.3 Å². The molecule has 0 unspecified atom stereocenters. The van der Waals surface area contributed by atoms with Crippen molar-refractivity contribution in [1.29, 1.82) is 0 Å². The molecule has 1 atom stereocenters. The van der Waals surface area contributed by atoms with E-state index in [9.17, 15) is 19.7 Å². The van der Waals surface area contributed by atoms with E-state index in [0.29, 0.717) is 0 Å². The van der Waals surface area contributed by atoms with E-state index < -0.39 is 22.8 Å². The largest absolute Gasteiger partial charge is 0.480 e. The molecule has 0 aliphatic heterocycles. The second-order valence-corrected chi connectivity index (χ2v) is 4.06. The first-order valence-corrected chi connectivity index (χ1v) is 6.01. The van der Waals surface area contributed by atoms with Crippen LogP contribution in [0.15, 0.2) is 30.3 Å². The van der Waals surface area contributed by atoms with Crippen molar-refractivity contribution < 1.29 is 24.7 Å². The second kappa shape index (κ2) is 7.75. The number of nitro benzene ring substituents is 1. The van der Waals surface area contributed by atoms with Crippen LogP contribution in [-0.4, -0.2) is 39.7 Å². The molecule has 21 heavy (non-hydrogen) atoms. The minimum atomic E-state index is -1.27. The van der Waals surface area contributed by atoms with Crippen molar-refractivity contribution >= 4 is 23.6 Å². The number of nitrogens with one attached hydrogen (secondary N) is 1. The number of carbonyl (C=O) groups is 2. The lowest BCUT2D eigenvalue weighted by Gasteiger charge is -2.11. The predicted molar refractivity (Wildman–Crippen MR) is 73.4 cm³/mol. The summed E-state index contributed by atoms with van der Waals surface area (Å²) in [6.07, 6.45) is 2.11. The number of para-hydroxylation sites is 1. The third kappa shape index (κ3) is 5.03. The van der Waals surface area contributed by atoms with Gasteiger partial charge in [0, 0.05) is 25.2 Å². The van der Waals surface area contributed by atoms with Gasteiger partial charge in [0.15, 0.2) is 0 Å². The van der Waals surface area contributed by atoms with Crippen molar-refractivity contribution in [3.8, 4) is 0 Å². The standard InChI is InChI=1S/C13H14N2O6/c16-8-7-10(13(18)19)14-12(17)6-5-9-3-1-2-4-11(9)15(20)21/h1-6,10,16H,7-8H2,(H,14,17)(H,18,19)/b6-5+/t10-/m1/s1. The van der Waals surface area contributed by atoms with E-state index in [-0.39, 0.29) is 24.3 Å². The fourth-order valence-electron chi connectivity index (χ4n) is 1.57. The quantitative estimate of drug-likeness (QED) is 0.382. The average Bonchev–Trinajstić information content (AvgIpc) is 2.44. The summed E-state index contributed by atoms with van der Waals surface area (Å²) in [6.45, 7) is -0.384. The normalized spacial score (nSPS) is 12.0. The highest BCUT2D eigenvalue weighted by Gasteiger charge is 2.18. The zero-order valence-electron chi connectivity index (χ0n) is 10.9. The maximum atomic E-state index is 11.6. The first kappa shape index (κ1) is 16.3. The average molecular weight is 294 g/mol. The molecule has 0 spiro atoms. The SMILES string of the molecule is O=C(/C=C/c1ccccc1[N+](=O)[O-])N[C@H](CCO)C(=O)O. The summed E-state index contributed by atoms with van der Waals surface area (Å²) in [5.74, 6) is -1.98. The number of aliphatic hydroxyl groups is 1. The number of aliphatic hydroxyl groups excluding tert-OH is 1. The second-order valence-electron chi connectivity index (χ2n) is 4.06. The Kier molecular flexibility index (Phi) is 6.02. The smallest absolute Gasteiger partial charge is 0.326 e. The van der Waals surface area contributed by atoms with Crippen LogP contribution in [0, 0.1) is 10.1 Å². The van der Waals surface area contributed by atoms with Crippen LogP contribution in [0.2, 0.25) is 0 Å². The fourth-order valence-corrected chi connectivity index (χ4v) is 1.57. The van der Waals surface area contributed by atoms with Gasteiger partial charge in [-0.1, -0.05) is 12.1 Å². The van der Waals surface area contributed by atoms with Crippen molar-refractivity contribution in [3.05, 3.63) is 46.0 Å². The number of carboxylic acid groups (broad SMARTS) is 1. The molecule has 8 nitrogen and oxygen atoms in total. The third-order valence-electron chi connectivity index (χ3n) is 2.58. The van der Waals surface area contributed by atoms with Crippen LogP contribution in [-0.2, 0) is 9.59 Å². The molecule has 8 heteroatoms. The highest BCUT2D eigenvalue weighted by Crippen LogP contribution is 2.18. The van der Waals surface area contributed by atoms with E-state index in [1.807, 2.05) is 0 Å². The Morgan fingerprint density at radius 3 is 2.62 bits per heavy atom. The Bertz CT molecular complexity index is 570. The Morgan fingerprint density at radius 2 is 2.05 bits per heavy atom. The lowest BCUT2D eigenvalue weighted by molar-refractivity contribution is -0.385. The Balaban J connectivity index is 2.79. The van der Waals surface area contributed by atoms with Gasteiger partial charge in [-0.25, -0.2) is 4.79 Å². The van der Waals surface area contributed by atoms with Crippen molar-refractivity contribution in [2.75, 3.05) is 6.61 Å². The molecule has 0 aromatic heterocycles. The maximum absolute atomic E-state index is 11.6. The molecule has 1 aromatic carbocycles. The number of hydrogen-bond donors (Lipinski definition) is 3. The van der Waals surface area contributed by atoms with Gasteiger partial charge in [-0.05, 0) is 12.1 Å². The summed E-state index contributed by atoms with van der Waals surface area (Å²) >= 11 is 0. The molecule has 1 aromatic rings. The van der Waals surface area contributed by atoms with Crippen LogP contribution in [0.5, 0.6) is 0 Å². The Morgan fingerprint density at radius 1 is 1.38 bits per heavy atom. The van der Waals surface area contributed by atoms with Gasteiger partial charge in [0.2, 0.25) is 5.91 Å². The fraction of sp³-hybridized carbons (Fsp3) is 0.231. The van der Waals surface area contributed by atoms with Gasteiger partial charge in [0.05, 0.1) is 10.5 Å². The van der Waals surface area contributed by atoms with E-state index in [2.05, 4.69) is 5.32 Å². The monoisotopic (exact) mass is 294 g/mol. The lowest BCUT2D eigenvalue weighted by Crippen LogP contribution is -2.40. The lowest BCUT2D eigenvalue weighted by atomic mass is 10.1. The maximum Gasteiger partial charge on any atom is 0.326 e. The van der Waals surface area contributed by atoms with Gasteiger partial charge in [0.25, 0.3) is 5.69 Å². The highest BCUT2D eigenvalue weighted by atomic mass is 16.6. The molecule has 0 saturated carbocycles. The van der Waals surface area contributed by atoms with E-state index >= 15 is 0 Å². The Labute approximate surface area is 119 Å². The molecule has 112 valence electrons. The van der Waals surface area contributed by atoms with Crippen molar-refractivity contribution in [2.45, 2.75) is 12.5 Å². The van der Waals surface area contributed by atoms with Gasteiger partial charge in [-0.2, -0.15) is 0 Å². The highest BCUT2D eigenvalue weighted by molar-refractivity contribution is 5.94. The zero-order valence-corrected chi connectivity index (χ0v) is 10.9. The first-order chi connectivity index (χ1) is 9.95. The van der Waals surface area contributed by atoms with E-state index in [0.717, 1.165) is 6.08 Å². The number of nitro groups is 1. The number of hydrogen-bond acceptors (Lipinski definition) is 5. The van der Waals surface area contributed by atoms with Crippen molar-refractivity contribution in [2.24, 2.45) is 0 Å². The molecule has 0 bridgehead atoms. The summed E-state index contributed by atoms with van der Waals surface area (Å²) < 4.78 is 0. The molecule has 0 aliphatic carbocycles. The number of nitrogens with zero attached hydrogens (tertiary/aromatic N) is 1. The van der Waals surface area contributed by atoms with Crippen LogP contribution < -0.4 is 5.32 Å². The van der Waals surface area contributed by atoms with Gasteiger partial charge in [0.1, 0.15) is 6.04 Å². The summed E-state index contributed by atoms with van der Waals surface area (Å²) in [4.78, 5) is 32.6. The predicted octanol–water partition coefficient (Wildman–Crippen LogP) is 0.560. The summed E-state index contributed by atoms with van der Waals surface area (Å²) in [5.41, 5.74) is 0.0679. The number of carbonyl (C=O) groups excluding carboxylic acids is 1. The van der Waals surface area contributed by atoms with Gasteiger partial charge >= 0.3 is 5.97 Å². The summed E-state index contributed by atoms with van der Waals surface area (Å²) in [7, 11) is 0.